The number of benzene rings is 1. The third-order valence-electron chi connectivity index (χ3n) is 3.66. The number of anilines is 1. The molecule has 0 spiro atoms. The number of hydrogen-bond donors (Lipinski definition) is 1. The Bertz CT molecular complexity index is 476. The molecule has 1 fully saturated rings. The van der Waals surface area contributed by atoms with Gasteiger partial charge in [0.1, 0.15) is 0 Å². The molecule has 2 nitrogen and oxygen atoms in total. The Balaban J connectivity index is 2.44. The van der Waals surface area contributed by atoms with Gasteiger partial charge in [-0.3, -0.25) is 0 Å². The van der Waals surface area contributed by atoms with Crippen LogP contribution >= 0.6 is 11.6 Å². The van der Waals surface area contributed by atoms with Crippen molar-refractivity contribution in [3.8, 4) is 0 Å². The minimum Gasteiger partial charge on any atom is -0.365 e. The Morgan fingerprint density at radius 1 is 1.40 bits per heavy atom. The van der Waals surface area contributed by atoms with Crippen molar-refractivity contribution in [1.29, 1.82) is 0 Å². The molecule has 0 radical (unpaired) electrons. The number of alkyl halides is 3. The van der Waals surface area contributed by atoms with Crippen LogP contribution in [0.25, 0.3) is 0 Å². The smallest absolute Gasteiger partial charge is 0.365 e. The molecule has 0 bridgehead atoms. The van der Waals surface area contributed by atoms with Gasteiger partial charge in [-0.05, 0) is 31.5 Å². The van der Waals surface area contributed by atoms with Crippen LogP contribution in [0, 0.1) is 0 Å². The molecule has 1 aliphatic rings. The van der Waals surface area contributed by atoms with E-state index >= 15 is 0 Å². The lowest BCUT2D eigenvalue weighted by molar-refractivity contribution is -0.137. The van der Waals surface area contributed by atoms with E-state index in [-0.39, 0.29) is 22.8 Å². The Morgan fingerprint density at radius 3 is 2.70 bits per heavy atom. The fourth-order valence-corrected chi connectivity index (χ4v) is 2.77. The summed E-state index contributed by atoms with van der Waals surface area (Å²) in [6, 6.07) is 4.23. The molecule has 112 valence electrons. The average Bonchev–Trinajstić information content (AvgIpc) is 2.37. The van der Waals surface area contributed by atoms with Crippen molar-refractivity contribution >= 4 is 17.3 Å². The van der Waals surface area contributed by atoms with Gasteiger partial charge >= 0.3 is 6.18 Å². The SMILES string of the molecule is CCC1CNC(C)CN1c1ccc(Cl)cc1C(F)(F)F. The topological polar surface area (TPSA) is 15.3 Å². The molecular weight excluding hydrogens is 289 g/mol. The van der Waals surface area contributed by atoms with Crippen LogP contribution in [0.2, 0.25) is 5.02 Å². The summed E-state index contributed by atoms with van der Waals surface area (Å²) in [5.74, 6) is 0. The molecule has 2 atom stereocenters. The molecule has 1 aromatic carbocycles. The molecule has 0 amide bonds. The Morgan fingerprint density at radius 2 is 2.10 bits per heavy atom. The van der Waals surface area contributed by atoms with E-state index in [1.54, 1.807) is 0 Å². The average molecular weight is 307 g/mol. The highest BCUT2D eigenvalue weighted by Crippen LogP contribution is 2.39. The van der Waals surface area contributed by atoms with Gasteiger partial charge in [0, 0.05) is 35.9 Å². The fraction of sp³-hybridized carbons (Fsp3) is 0.571. The number of nitrogens with zero attached hydrogens (tertiary/aromatic N) is 1. The molecule has 1 saturated heterocycles. The van der Waals surface area contributed by atoms with E-state index in [0.29, 0.717) is 13.1 Å². The summed E-state index contributed by atoms with van der Waals surface area (Å²) in [5.41, 5.74) is -0.431. The summed E-state index contributed by atoms with van der Waals surface area (Å²) in [6.07, 6.45) is -3.60. The predicted molar refractivity (Wildman–Crippen MR) is 75.3 cm³/mol. The van der Waals surface area contributed by atoms with Crippen LogP contribution in [0.4, 0.5) is 18.9 Å². The second kappa shape index (κ2) is 5.82. The van der Waals surface area contributed by atoms with E-state index in [1.165, 1.54) is 12.1 Å². The third kappa shape index (κ3) is 3.20. The van der Waals surface area contributed by atoms with Gasteiger partial charge in [-0.1, -0.05) is 18.5 Å². The van der Waals surface area contributed by atoms with Crippen LogP contribution < -0.4 is 10.2 Å². The zero-order valence-corrected chi connectivity index (χ0v) is 12.2. The first-order valence-electron chi connectivity index (χ1n) is 6.69. The largest absolute Gasteiger partial charge is 0.418 e. The van der Waals surface area contributed by atoms with Crippen molar-refractivity contribution in [2.75, 3.05) is 18.0 Å². The van der Waals surface area contributed by atoms with Gasteiger partial charge in [-0.15, -0.1) is 0 Å². The Labute approximate surface area is 121 Å². The summed E-state index contributed by atoms with van der Waals surface area (Å²) in [5, 5.41) is 3.41. The van der Waals surface area contributed by atoms with E-state index in [1.807, 2.05) is 18.7 Å². The highest BCUT2D eigenvalue weighted by atomic mass is 35.5. The number of rotatable bonds is 2. The Hall–Kier alpha value is -0.940. The molecule has 2 unspecified atom stereocenters. The minimum atomic E-state index is -4.40. The van der Waals surface area contributed by atoms with Crippen LogP contribution in [0.5, 0.6) is 0 Å². The number of hydrogen-bond acceptors (Lipinski definition) is 2. The first-order valence-corrected chi connectivity index (χ1v) is 7.07. The highest BCUT2D eigenvalue weighted by molar-refractivity contribution is 6.30. The van der Waals surface area contributed by atoms with E-state index < -0.39 is 11.7 Å². The maximum Gasteiger partial charge on any atom is 0.418 e. The standard InChI is InChI=1S/C14H18ClF3N2/c1-3-11-7-19-9(2)8-20(11)13-5-4-10(15)6-12(13)14(16,17)18/h4-6,9,11,19H,3,7-8H2,1-2H3. The molecular formula is C14H18ClF3N2. The molecule has 1 N–H and O–H groups in total. The van der Waals surface area contributed by atoms with Crippen molar-refractivity contribution in [3.05, 3.63) is 28.8 Å². The zero-order valence-electron chi connectivity index (χ0n) is 11.5. The van der Waals surface area contributed by atoms with Crippen LogP contribution in [0.3, 0.4) is 0 Å². The second-order valence-corrected chi connectivity index (χ2v) is 5.62. The zero-order chi connectivity index (χ0) is 14.9. The fourth-order valence-electron chi connectivity index (χ4n) is 2.60. The van der Waals surface area contributed by atoms with Crippen molar-refractivity contribution in [1.82, 2.24) is 5.32 Å². The normalized spacial score (nSPS) is 24.0. The van der Waals surface area contributed by atoms with Gasteiger partial charge in [0.15, 0.2) is 0 Å². The highest BCUT2D eigenvalue weighted by Gasteiger charge is 2.37. The van der Waals surface area contributed by atoms with Crippen LogP contribution in [-0.4, -0.2) is 25.2 Å². The summed E-state index contributed by atoms with van der Waals surface area (Å²) in [4.78, 5) is 1.85. The third-order valence-corrected chi connectivity index (χ3v) is 3.89. The van der Waals surface area contributed by atoms with E-state index in [4.69, 9.17) is 11.6 Å². The van der Waals surface area contributed by atoms with E-state index in [2.05, 4.69) is 5.32 Å². The van der Waals surface area contributed by atoms with Gasteiger partial charge in [0.05, 0.1) is 5.56 Å². The molecule has 20 heavy (non-hydrogen) atoms. The first kappa shape index (κ1) is 15.4. The predicted octanol–water partition coefficient (Wildman–Crippen LogP) is 3.94. The summed E-state index contributed by atoms with van der Waals surface area (Å²) >= 11 is 5.73. The quantitative estimate of drug-likeness (QED) is 0.890. The van der Waals surface area contributed by atoms with Crippen LogP contribution in [0.1, 0.15) is 25.8 Å². The second-order valence-electron chi connectivity index (χ2n) is 5.18. The molecule has 0 aromatic heterocycles. The van der Waals surface area contributed by atoms with E-state index in [0.717, 1.165) is 12.5 Å². The van der Waals surface area contributed by atoms with Crippen molar-refractivity contribution in [2.45, 2.75) is 38.5 Å². The maximum atomic E-state index is 13.2. The molecule has 0 aliphatic carbocycles. The first-order chi connectivity index (χ1) is 9.32. The molecule has 1 heterocycles. The lowest BCUT2D eigenvalue weighted by Gasteiger charge is -2.41. The number of halogens is 4. The van der Waals surface area contributed by atoms with Gasteiger partial charge in [0.2, 0.25) is 0 Å². The van der Waals surface area contributed by atoms with Gasteiger partial charge in [-0.2, -0.15) is 13.2 Å². The van der Waals surface area contributed by atoms with Crippen LogP contribution in [-0.2, 0) is 6.18 Å². The summed E-state index contributed by atoms with van der Waals surface area (Å²) < 4.78 is 39.6. The molecule has 2 rings (SSSR count). The van der Waals surface area contributed by atoms with Gasteiger partial charge in [-0.25, -0.2) is 0 Å². The molecule has 6 heteroatoms. The molecule has 1 aromatic rings. The van der Waals surface area contributed by atoms with Crippen molar-refractivity contribution < 1.29 is 13.2 Å². The van der Waals surface area contributed by atoms with Crippen molar-refractivity contribution in [3.63, 3.8) is 0 Å². The lowest BCUT2D eigenvalue weighted by Crippen LogP contribution is -2.55. The summed E-state index contributed by atoms with van der Waals surface area (Å²) in [6.45, 7) is 5.21. The Kier molecular flexibility index (Phi) is 4.49. The van der Waals surface area contributed by atoms with Crippen LogP contribution in [0.15, 0.2) is 18.2 Å². The number of piperazine rings is 1. The van der Waals surface area contributed by atoms with Gasteiger partial charge in [0.25, 0.3) is 0 Å². The number of nitrogens with one attached hydrogen (secondary N) is 1. The monoisotopic (exact) mass is 306 g/mol. The lowest BCUT2D eigenvalue weighted by atomic mass is 10.0. The van der Waals surface area contributed by atoms with Crippen molar-refractivity contribution in [2.24, 2.45) is 0 Å². The van der Waals surface area contributed by atoms with Gasteiger partial charge < -0.3 is 10.2 Å². The maximum absolute atomic E-state index is 13.2. The molecule has 1 aliphatic heterocycles. The summed E-state index contributed by atoms with van der Waals surface area (Å²) in [7, 11) is 0. The van der Waals surface area contributed by atoms with E-state index in [9.17, 15) is 13.2 Å². The molecule has 0 saturated carbocycles. The minimum absolute atomic E-state index is 0.0634.